The molecule has 0 bridgehead atoms. The second-order valence-electron chi connectivity index (χ2n) is 7.67. The quantitative estimate of drug-likeness (QED) is 0.309. The average molecular weight is 488 g/mol. The summed E-state index contributed by atoms with van der Waals surface area (Å²) < 4.78 is 7.60. The Balaban J connectivity index is 1.70. The van der Waals surface area contributed by atoms with Gasteiger partial charge in [-0.3, -0.25) is 9.59 Å². The normalized spacial score (nSPS) is 11.9. The van der Waals surface area contributed by atoms with Gasteiger partial charge in [0.25, 0.3) is 5.91 Å². The molecule has 5 rings (SSSR count). The molecule has 0 N–H and O–H groups in total. The van der Waals surface area contributed by atoms with Gasteiger partial charge in [-0.1, -0.05) is 48.6 Å². The number of thiazole rings is 1. The molecule has 0 aliphatic heterocycles. The van der Waals surface area contributed by atoms with E-state index < -0.39 is 5.97 Å². The molecule has 0 radical (unpaired) electrons. The maximum atomic E-state index is 13.5. The number of nitrogens with zero attached hydrogens (tertiary/aromatic N) is 3. The van der Waals surface area contributed by atoms with Crippen LogP contribution in [0.25, 0.3) is 31.7 Å². The first kappa shape index (κ1) is 22.2. The number of methoxy groups -OCH3 is 1. The topological polar surface area (TPSA) is 73.5 Å². The number of hydrogen-bond acceptors (Lipinski definition) is 6. The molecule has 0 aliphatic carbocycles. The summed E-state index contributed by atoms with van der Waals surface area (Å²) in [5.41, 5.74) is 3.97. The third-order valence-corrected chi connectivity index (χ3v) is 7.52. The molecule has 6 nitrogen and oxygen atoms in total. The molecule has 170 valence electrons. The van der Waals surface area contributed by atoms with Crippen molar-refractivity contribution >= 4 is 55.7 Å². The molecule has 0 saturated carbocycles. The second-order valence-corrected chi connectivity index (χ2v) is 9.63. The summed E-state index contributed by atoms with van der Waals surface area (Å²) in [6, 6.07) is 19.4. The van der Waals surface area contributed by atoms with Gasteiger partial charge in [0.2, 0.25) is 0 Å². The molecule has 1 amide bonds. The summed E-state index contributed by atoms with van der Waals surface area (Å²) in [6.07, 6.45) is 0.894. The van der Waals surface area contributed by atoms with E-state index in [1.807, 2.05) is 53.9 Å². The third-order valence-electron chi connectivity index (χ3n) is 5.59. The first-order valence-electron chi connectivity index (χ1n) is 10.8. The van der Waals surface area contributed by atoms with Crippen LogP contribution in [0.2, 0.25) is 0 Å². The highest BCUT2D eigenvalue weighted by Crippen LogP contribution is 2.28. The van der Waals surface area contributed by atoms with Gasteiger partial charge >= 0.3 is 5.97 Å². The molecular formula is C26H21N3O3S2. The minimum Gasteiger partial charge on any atom is -0.468 e. The molecule has 2 aromatic carbocycles. The molecular weight excluding hydrogens is 466 g/mol. The van der Waals surface area contributed by atoms with Crippen molar-refractivity contribution in [3.63, 3.8) is 0 Å². The number of aromatic nitrogens is 2. The zero-order chi connectivity index (χ0) is 23.7. The van der Waals surface area contributed by atoms with Crippen LogP contribution in [-0.4, -0.2) is 28.5 Å². The zero-order valence-corrected chi connectivity index (χ0v) is 20.3. The van der Waals surface area contributed by atoms with Gasteiger partial charge in [0.05, 0.1) is 39.0 Å². The Morgan fingerprint density at radius 2 is 1.94 bits per heavy atom. The molecule has 34 heavy (non-hydrogen) atoms. The van der Waals surface area contributed by atoms with Crippen LogP contribution in [0.4, 0.5) is 0 Å². The Morgan fingerprint density at radius 1 is 1.09 bits per heavy atom. The number of carbonyl (C=O) groups excluding carboxylic acids is 2. The van der Waals surface area contributed by atoms with E-state index in [1.54, 1.807) is 22.0 Å². The van der Waals surface area contributed by atoms with Crippen molar-refractivity contribution in [2.45, 2.75) is 19.9 Å². The fourth-order valence-corrected chi connectivity index (χ4v) is 5.60. The van der Waals surface area contributed by atoms with E-state index >= 15 is 0 Å². The van der Waals surface area contributed by atoms with Crippen LogP contribution >= 0.6 is 22.7 Å². The molecule has 3 aromatic heterocycles. The van der Waals surface area contributed by atoms with Crippen LogP contribution in [0.1, 0.15) is 22.8 Å². The Morgan fingerprint density at radius 3 is 2.71 bits per heavy atom. The van der Waals surface area contributed by atoms with Gasteiger partial charge < -0.3 is 9.30 Å². The number of benzene rings is 2. The van der Waals surface area contributed by atoms with Crippen LogP contribution in [0.5, 0.6) is 0 Å². The van der Waals surface area contributed by atoms with Gasteiger partial charge in [0.15, 0.2) is 4.80 Å². The van der Waals surface area contributed by atoms with Gasteiger partial charge in [0.1, 0.15) is 6.54 Å². The van der Waals surface area contributed by atoms with E-state index in [0.29, 0.717) is 10.4 Å². The summed E-state index contributed by atoms with van der Waals surface area (Å²) in [6.45, 7) is 2.07. The summed E-state index contributed by atoms with van der Waals surface area (Å²) in [4.78, 5) is 36.3. The standard InChI is InChI=1S/C26H21N3O3S2/c1-3-16-10-11-21-23(13-16)34-26(29(21)15-24(30)32-2)28-25(31)18-14-20(22-9-6-12-33-22)27-19-8-5-4-7-17(18)19/h4-14H,3,15H2,1-2H3. The Bertz CT molecular complexity index is 1600. The largest absolute Gasteiger partial charge is 0.468 e. The van der Waals surface area contributed by atoms with E-state index in [1.165, 1.54) is 24.0 Å². The van der Waals surface area contributed by atoms with Gasteiger partial charge in [0, 0.05) is 5.39 Å². The van der Waals surface area contributed by atoms with Crippen LogP contribution in [0.15, 0.2) is 71.0 Å². The molecule has 0 atom stereocenters. The smallest absolute Gasteiger partial charge is 0.325 e. The highest BCUT2D eigenvalue weighted by molar-refractivity contribution is 7.16. The van der Waals surface area contributed by atoms with E-state index in [9.17, 15) is 9.59 Å². The molecule has 0 spiro atoms. The van der Waals surface area contributed by atoms with Crippen LogP contribution in [0.3, 0.4) is 0 Å². The molecule has 0 aliphatic rings. The molecule has 0 saturated heterocycles. The van der Waals surface area contributed by atoms with Crippen molar-refractivity contribution in [3.8, 4) is 10.6 Å². The molecule has 0 fully saturated rings. The van der Waals surface area contributed by atoms with E-state index in [-0.39, 0.29) is 12.5 Å². The molecule has 0 unspecified atom stereocenters. The Kier molecular flexibility index (Phi) is 6.08. The van der Waals surface area contributed by atoms with Crippen molar-refractivity contribution in [1.29, 1.82) is 0 Å². The maximum Gasteiger partial charge on any atom is 0.325 e. The first-order chi connectivity index (χ1) is 16.6. The number of esters is 1. The van der Waals surface area contributed by atoms with E-state index in [0.717, 1.165) is 38.1 Å². The van der Waals surface area contributed by atoms with Crippen LogP contribution in [-0.2, 0) is 22.5 Å². The molecule has 5 aromatic rings. The lowest BCUT2D eigenvalue weighted by Crippen LogP contribution is -2.22. The maximum absolute atomic E-state index is 13.5. The Hall–Kier alpha value is -3.62. The van der Waals surface area contributed by atoms with Crippen LogP contribution < -0.4 is 4.80 Å². The van der Waals surface area contributed by atoms with E-state index in [4.69, 9.17) is 9.72 Å². The van der Waals surface area contributed by atoms with Crippen molar-refractivity contribution in [2.24, 2.45) is 4.99 Å². The highest BCUT2D eigenvalue weighted by Gasteiger charge is 2.16. The third kappa shape index (κ3) is 4.18. The number of thiophene rings is 1. The lowest BCUT2D eigenvalue weighted by molar-refractivity contribution is -0.141. The van der Waals surface area contributed by atoms with Gasteiger partial charge in [-0.25, -0.2) is 4.98 Å². The van der Waals surface area contributed by atoms with Gasteiger partial charge in [-0.05, 0) is 47.7 Å². The monoisotopic (exact) mass is 487 g/mol. The summed E-state index contributed by atoms with van der Waals surface area (Å²) >= 11 is 2.96. The summed E-state index contributed by atoms with van der Waals surface area (Å²) in [7, 11) is 1.35. The predicted molar refractivity (Wildman–Crippen MR) is 136 cm³/mol. The number of fused-ring (bicyclic) bond motifs is 2. The van der Waals surface area contributed by atoms with Crippen LogP contribution in [0, 0.1) is 0 Å². The van der Waals surface area contributed by atoms with Crippen molar-refractivity contribution in [2.75, 3.05) is 7.11 Å². The second kappa shape index (κ2) is 9.32. The average Bonchev–Trinajstić information content (AvgIpc) is 3.51. The lowest BCUT2D eigenvalue weighted by Gasteiger charge is -2.07. The fourth-order valence-electron chi connectivity index (χ4n) is 3.82. The number of pyridine rings is 1. The number of carbonyl (C=O) groups is 2. The SMILES string of the molecule is CCc1ccc2c(c1)sc(=NC(=O)c1cc(-c3cccs3)nc3ccccc13)n2CC(=O)OC. The number of aryl methyl sites for hydroxylation is 1. The summed E-state index contributed by atoms with van der Waals surface area (Å²) in [5, 5.41) is 2.72. The highest BCUT2D eigenvalue weighted by atomic mass is 32.1. The molecule has 8 heteroatoms. The predicted octanol–water partition coefficient (Wildman–Crippen LogP) is 5.46. The number of para-hydroxylation sites is 1. The number of ether oxygens (including phenoxy) is 1. The van der Waals surface area contributed by atoms with Gasteiger partial charge in [-0.15, -0.1) is 11.3 Å². The summed E-state index contributed by atoms with van der Waals surface area (Å²) in [5.74, 6) is -0.778. The minimum absolute atomic E-state index is 0.0222. The first-order valence-corrected chi connectivity index (χ1v) is 12.5. The van der Waals surface area contributed by atoms with Gasteiger partial charge in [-0.2, -0.15) is 4.99 Å². The van der Waals surface area contributed by atoms with Crippen molar-refractivity contribution in [1.82, 2.24) is 9.55 Å². The van der Waals surface area contributed by atoms with Crippen molar-refractivity contribution in [3.05, 3.63) is 82.0 Å². The molecule has 3 heterocycles. The minimum atomic E-state index is -0.400. The zero-order valence-electron chi connectivity index (χ0n) is 18.6. The fraction of sp³-hybridized carbons (Fsp3) is 0.154. The lowest BCUT2D eigenvalue weighted by atomic mass is 10.1. The number of amides is 1. The number of hydrogen-bond donors (Lipinski definition) is 0. The van der Waals surface area contributed by atoms with E-state index in [2.05, 4.69) is 18.0 Å². The van der Waals surface area contributed by atoms with Crippen molar-refractivity contribution < 1.29 is 14.3 Å². The Labute approximate surface area is 203 Å². The number of rotatable bonds is 5.